The molecule has 0 N–H and O–H groups in total. The van der Waals surface area contributed by atoms with Crippen LogP contribution in [0.2, 0.25) is 143 Å². The molecule has 0 amide bonds. The number of hydrogen-bond acceptors (Lipinski definition) is 13. The maximum atomic E-state index is 11.7. The molecule has 0 bridgehead atoms. The van der Waals surface area contributed by atoms with Crippen molar-refractivity contribution in [2.24, 2.45) is 0 Å². The van der Waals surface area contributed by atoms with Crippen molar-refractivity contribution in [1.29, 1.82) is 0 Å². The van der Waals surface area contributed by atoms with E-state index < -0.39 is 85.1 Å². The molecule has 0 heterocycles. The van der Waals surface area contributed by atoms with Gasteiger partial charge in [-0.1, -0.05) is 13.2 Å². The number of carbonyl (C=O) groups excluding carboxylic acids is 2. The van der Waals surface area contributed by atoms with Crippen molar-refractivity contribution < 1.29 is 56.1 Å². The van der Waals surface area contributed by atoms with Crippen molar-refractivity contribution in [1.82, 2.24) is 0 Å². The SMILES string of the molecule is C=C(C)C(=O)OCCC[Si](C)(C)O[Si](C)(C)O[Si](C)(C)O[Si](C)(C)O[Si](C)(C)O[Si](C)(C)O[Si](C)(C)O[Si](C)(C)O[Si](C)(C)O[Si](C)(C)CCCOC(=O)C(=C)C. The molecule has 0 aromatic heterocycles. The van der Waals surface area contributed by atoms with Crippen LogP contribution in [0, 0.1) is 0 Å². The van der Waals surface area contributed by atoms with Crippen LogP contribution >= 0.6 is 0 Å². The highest BCUT2D eigenvalue weighted by molar-refractivity contribution is 6.93. The summed E-state index contributed by atoms with van der Waals surface area (Å²) in [5, 5.41) is 0. The van der Waals surface area contributed by atoms with E-state index in [1.165, 1.54) is 0 Å². The smallest absolute Gasteiger partial charge is 0.333 e. The molecule has 0 aliphatic heterocycles. The summed E-state index contributed by atoms with van der Waals surface area (Å²) < 4.78 is 71.5. The third-order valence-corrected chi connectivity index (χ3v) is 46.5. The van der Waals surface area contributed by atoms with Gasteiger partial charge in [0.1, 0.15) is 0 Å². The zero-order chi connectivity index (χ0) is 45.3. The summed E-state index contributed by atoms with van der Waals surface area (Å²) in [5.74, 6) is -0.726. The fourth-order valence-corrected chi connectivity index (χ4v) is 58.3. The molecule has 0 rings (SSSR count). The summed E-state index contributed by atoms with van der Waals surface area (Å²) in [5.41, 5.74) is 0.800. The molecule has 0 aromatic carbocycles. The summed E-state index contributed by atoms with van der Waals surface area (Å²) in [6.45, 7) is 52.8. The van der Waals surface area contributed by atoms with Gasteiger partial charge in [0.25, 0.3) is 0 Å². The summed E-state index contributed by atoms with van der Waals surface area (Å²) in [7, 11) is -25.8. The van der Waals surface area contributed by atoms with Gasteiger partial charge in [0, 0.05) is 11.1 Å². The van der Waals surface area contributed by atoms with Crippen LogP contribution in [-0.2, 0) is 56.1 Å². The molecule has 0 spiro atoms. The van der Waals surface area contributed by atoms with E-state index in [2.05, 4.69) is 65.5 Å². The first kappa shape index (κ1) is 57.2. The van der Waals surface area contributed by atoms with Gasteiger partial charge in [-0.3, -0.25) is 0 Å². The largest absolute Gasteiger partial charge is 0.462 e. The van der Waals surface area contributed by atoms with Crippen LogP contribution in [0.3, 0.4) is 0 Å². The lowest BCUT2D eigenvalue weighted by molar-refractivity contribution is -0.139. The third kappa shape index (κ3) is 27.0. The summed E-state index contributed by atoms with van der Waals surface area (Å²) in [6, 6.07) is 1.68. The van der Waals surface area contributed by atoms with E-state index in [9.17, 15) is 9.59 Å². The van der Waals surface area contributed by atoms with Crippen LogP contribution in [-0.4, -0.2) is 110 Å². The standard InChI is InChI=1S/C34H82O13Si10/c1-31(2)33(35)37-27-25-29-48(5,6)39-50(9,10)41-52(13,14)43-54(17,18)45-56(21,22)47-57(23,24)46-55(19,20)44-53(15,16)42-51(11,12)40-49(7,8)30-26-28-38-34(36)32(3)4/h1,3,25-30H2,2,4-24H3. The number of hydrogen-bond donors (Lipinski definition) is 0. The van der Waals surface area contributed by atoms with E-state index in [0.29, 0.717) is 24.4 Å². The Bertz CT molecular complexity index is 1270. The van der Waals surface area contributed by atoms with Crippen LogP contribution in [0.5, 0.6) is 0 Å². The molecule has 0 atom stereocenters. The van der Waals surface area contributed by atoms with E-state index in [4.69, 9.17) is 46.5 Å². The van der Waals surface area contributed by atoms with Gasteiger partial charge in [0.05, 0.1) is 13.2 Å². The van der Waals surface area contributed by atoms with Gasteiger partial charge in [-0.2, -0.15) is 0 Å². The van der Waals surface area contributed by atoms with E-state index in [0.717, 1.165) is 24.9 Å². The Morgan fingerprint density at radius 2 is 0.526 bits per heavy atom. The maximum absolute atomic E-state index is 11.7. The van der Waals surface area contributed by atoms with Crippen molar-refractivity contribution in [3.05, 3.63) is 24.3 Å². The number of rotatable bonds is 28. The number of ether oxygens (including phenoxy) is 2. The highest BCUT2D eigenvalue weighted by Gasteiger charge is 2.50. The van der Waals surface area contributed by atoms with E-state index >= 15 is 0 Å². The number of carbonyl (C=O) groups is 2. The lowest BCUT2D eigenvalue weighted by atomic mass is 10.4. The Hall–Kier alpha value is 0.229. The second-order valence-corrected chi connectivity index (χ2v) is 57.5. The van der Waals surface area contributed by atoms with Gasteiger partial charge in [-0.15, -0.1) is 0 Å². The maximum Gasteiger partial charge on any atom is 0.333 e. The van der Waals surface area contributed by atoms with Gasteiger partial charge in [-0.05, 0) is 170 Å². The molecule has 0 saturated heterocycles. The molecule has 0 saturated carbocycles. The lowest BCUT2D eigenvalue weighted by Crippen LogP contribution is -2.62. The molecule has 0 aliphatic rings. The summed E-state index contributed by atoms with van der Waals surface area (Å²) in [6.07, 6.45) is 1.45. The van der Waals surface area contributed by atoms with Crippen molar-refractivity contribution in [2.75, 3.05) is 13.2 Å². The zero-order valence-electron chi connectivity index (χ0n) is 40.0. The monoisotopic (exact) mass is 978 g/mol. The zero-order valence-corrected chi connectivity index (χ0v) is 50.0. The topological polar surface area (TPSA) is 136 Å². The van der Waals surface area contributed by atoms with Gasteiger partial charge >= 0.3 is 80.4 Å². The first-order valence-electron chi connectivity index (χ1n) is 20.0. The van der Waals surface area contributed by atoms with Crippen molar-refractivity contribution in [3.8, 4) is 0 Å². The van der Waals surface area contributed by atoms with Crippen molar-refractivity contribution in [3.63, 3.8) is 0 Å². The van der Waals surface area contributed by atoms with Crippen LogP contribution < -0.4 is 0 Å². The molecule has 0 aliphatic carbocycles. The minimum Gasteiger partial charge on any atom is -0.462 e. The van der Waals surface area contributed by atoms with Crippen molar-refractivity contribution in [2.45, 2.75) is 170 Å². The van der Waals surface area contributed by atoms with Crippen LogP contribution in [0.1, 0.15) is 26.7 Å². The van der Waals surface area contributed by atoms with Gasteiger partial charge in [-0.25, -0.2) is 9.59 Å². The molecule has 0 unspecified atom stereocenters. The summed E-state index contributed by atoms with van der Waals surface area (Å²) >= 11 is 0. The predicted octanol–water partition coefficient (Wildman–Crippen LogP) is 10.2. The number of esters is 2. The lowest BCUT2D eigenvalue weighted by Gasteiger charge is -2.44. The van der Waals surface area contributed by atoms with E-state index in [-0.39, 0.29) is 11.9 Å². The van der Waals surface area contributed by atoms with E-state index in [1.54, 1.807) is 13.8 Å². The Morgan fingerprint density at radius 1 is 0.351 bits per heavy atom. The van der Waals surface area contributed by atoms with Crippen molar-refractivity contribution >= 4 is 97.1 Å². The highest BCUT2D eigenvalue weighted by atomic mass is 28.5. The fraction of sp³-hybridized carbons (Fsp3) is 0.824. The average molecular weight is 980 g/mol. The van der Waals surface area contributed by atoms with Crippen LogP contribution in [0.25, 0.3) is 0 Å². The second-order valence-electron chi connectivity index (χ2n) is 19.7. The molecule has 0 fully saturated rings. The first-order chi connectivity index (χ1) is 25.0. The minimum absolute atomic E-state index is 0.345. The van der Waals surface area contributed by atoms with Gasteiger partial charge in [0.15, 0.2) is 16.6 Å². The third-order valence-electron chi connectivity index (χ3n) is 7.49. The fourth-order valence-electron chi connectivity index (χ4n) is 7.31. The molecule has 0 aromatic rings. The molecule has 23 heteroatoms. The predicted molar refractivity (Wildman–Crippen MR) is 255 cm³/mol. The average Bonchev–Trinajstić information content (AvgIpc) is 2.86. The minimum atomic E-state index is -2.76. The molecular formula is C34H82O13Si10. The Kier molecular flexibility index (Phi) is 21.6. The van der Waals surface area contributed by atoms with Crippen LogP contribution in [0.15, 0.2) is 24.3 Å². The normalized spacial score (nSPS) is 14.4. The Balaban J connectivity index is 5.39. The summed E-state index contributed by atoms with van der Waals surface area (Å²) in [4.78, 5) is 23.5. The molecular weight excluding hydrogens is 897 g/mol. The quantitative estimate of drug-likeness (QED) is 0.0319. The van der Waals surface area contributed by atoms with E-state index in [1.807, 2.05) is 78.6 Å². The molecule has 13 nitrogen and oxygen atoms in total. The Morgan fingerprint density at radius 3 is 0.702 bits per heavy atom. The van der Waals surface area contributed by atoms with Gasteiger partial charge < -0.3 is 46.5 Å². The highest BCUT2D eigenvalue weighted by Crippen LogP contribution is 2.31. The second kappa shape index (κ2) is 21.5. The van der Waals surface area contributed by atoms with Crippen LogP contribution in [0.4, 0.5) is 0 Å². The Labute approximate surface area is 358 Å². The first-order valence-corrected chi connectivity index (χ1v) is 48.7. The molecule has 57 heavy (non-hydrogen) atoms. The van der Waals surface area contributed by atoms with Gasteiger partial charge in [0.2, 0.25) is 0 Å². The molecule has 0 radical (unpaired) electrons. The molecule has 336 valence electrons.